The predicted octanol–water partition coefficient (Wildman–Crippen LogP) is 4.57. The molecule has 2 nitrogen and oxygen atoms in total. The van der Waals surface area contributed by atoms with Gasteiger partial charge in [0, 0.05) is 14.2 Å². The van der Waals surface area contributed by atoms with Crippen LogP contribution in [0.15, 0.2) is 18.2 Å². The molecule has 1 aromatic rings. The van der Waals surface area contributed by atoms with Crippen LogP contribution in [0.3, 0.4) is 0 Å². The number of hydrogen-bond acceptors (Lipinski definition) is 2. The van der Waals surface area contributed by atoms with Crippen LogP contribution < -0.4 is 0 Å². The van der Waals surface area contributed by atoms with Crippen LogP contribution in [0.5, 0.6) is 0 Å². The summed E-state index contributed by atoms with van der Waals surface area (Å²) in [7, 11) is 3.51. The molecule has 0 radical (unpaired) electrons. The highest BCUT2D eigenvalue weighted by Gasteiger charge is 2.31. The van der Waals surface area contributed by atoms with Crippen molar-refractivity contribution in [1.29, 1.82) is 0 Å². The second-order valence-electron chi connectivity index (χ2n) is 6.39. The third-order valence-corrected chi connectivity index (χ3v) is 4.03. The van der Waals surface area contributed by atoms with E-state index in [0.717, 1.165) is 0 Å². The fraction of sp³-hybridized carbons (Fsp3) is 0.647. The SMILES string of the molecule is COC(C)(C)c1ccc(C(C)C)cc1C(C)(C)OC. The monoisotopic (exact) mass is 264 g/mol. The molecule has 1 aromatic carbocycles. The van der Waals surface area contributed by atoms with Gasteiger partial charge in [-0.25, -0.2) is 0 Å². The summed E-state index contributed by atoms with van der Waals surface area (Å²) in [5.41, 5.74) is 3.08. The van der Waals surface area contributed by atoms with Gasteiger partial charge in [0.05, 0.1) is 11.2 Å². The average Bonchev–Trinajstić information content (AvgIpc) is 2.37. The molecule has 0 fully saturated rings. The van der Waals surface area contributed by atoms with Crippen molar-refractivity contribution in [3.63, 3.8) is 0 Å². The first-order valence-electron chi connectivity index (χ1n) is 6.91. The maximum atomic E-state index is 5.68. The van der Waals surface area contributed by atoms with Gasteiger partial charge in [-0.2, -0.15) is 0 Å². The molecule has 108 valence electrons. The Morgan fingerprint density at radius 2 is 1.32 bits per heavy atom. The Balaban J connectivity index is 3.48. The van der Waals surface area contributed by atoms with Gasteiger partial charge in [-0.3, -0.25) is 0 Å². The van der Waals surface area contributed by atoms with Gasteiger partial charge in [-0.05, 0) is 50.3 Å². The molecule has 0 spiro atoms. The van der Waals surface area contributed by atoms with Crippen molar-refractivity contribution in [2.45, 2.75) is 58.7 Å². The molecule has 0 amide bonds. The third kappa shape index (κ3) is 3.37. The number of methoxy groups -OCH3 is 2. The zero-order valence-electron chi connectivity index (χ0n) is 13.6. The van der Waals surface area contributed by atoms with E-state index in [2.05, 4.69) is 59.7 Å². The minimum atomic E-state index is -0.323. The molecular weight excluding hydrogens is 236 g/mol. The van der Waals surface area contributed by atoms with Gasteiger partial charge in [-0.1, -0.05) is 32.0 Å². The standard InChI is InChI=1S/C17H28O2/c1-12(2)13-9-10-14(16(3,4)18-7)15(11-13)17(5,6)19-8/h9-12H,1-8H3. The molecule has 0 aliphatic heterocycles. The number of hydrogen-bond donors (Lipinski definition) is 0. The molecule has 0 aliphatic rings. The molecule has 19 heavy (non-hydrogen) atoms. The van der Waals surface area contributed by atoms with Gasteiger partial charge in [-0.15, -0.1) is 0 Å². The van der Waals surface area contributed by atoms with Crippen LogP contribution in [0.25, 0.3) is 0 Å². The lowest BCUT2D eigenvalue weighted by molar-refractivity contribution is -0.00258. The van der Waals surface area contributed by atoms with Crippen LogP contribution in [0.1, 0.15) is 64.2 Å². The van der Waals surface area contributed by atoms with E-state index in [1.807, 2.05) is 0 Å². The van der Waals surface area contributed by atoms with Gasteiger partial charge >= 0.3 is 0 Å². The van der Waals surface area contributed by atoms with Crippen molar-refractivity contribution in [2.75, 3.05) is 14.2 Å². The lowest BCUT2D eigenvalue weighted by Crippen LogP contribution is -2.29. The highest BCUT2D eigenvalue weighted by Crippen LogP contribution is 2.36. The Labute approximate surface area is 118 Å². The van der Waals surface area contributed by atoms with E-state index in [1.54, 1.807) is 14.2 Å². The van der Waals surface area contributed by atoms with E-state index in [9.17, 15) is 0 Å². The van der Waals surface area contributed by atoms with E-state index in [0.29, 0.717) is 5.92 Å². The molecule has 1 rings (SSSR count). The van der Waals surface area contributed by atoms with E-state index in [-0.39, 0.29) is 11.2 Å². The lowest BCUT2D eigenvalue weighted by Gasteiger charge is -2.33. The summed E-state index contributed by atoms with van der Waals surface area (Å²) in [6.45, 7) is 12.8. The zero-order chi connectivity index (χ0) is 14.8. The first-order chi connectivity index (χ1) is 8.65. The smallest absolute Gasteiger partial charge is 0.0875 e. The largest absolute Gasteiger partial charge is 0.374 e. The second-order valence-corrected chi connectivity index (χ2v) is 6.39. The molecule has 0 bridgehead atoms. The van der Waals surface area contributed by atoms with Crippen molar-refractivity contribution in [3.05, 3.63) is 34.9 Å². The van der Waals surface area contributed by atoms with Gasteiger partial charge < -0.3 is 9.47 Å². The first kappa shape index (κ1) is 16.2. The van der Waals surface area contributed by atoms with Gasteiger partial charge in [0.25, 0.3) is 0 Å². The summed E-state index contributed by atoms with van der Waals surface area (Å²) >= 11 is 0. The highest BCUT2D eigenvalue weighted by atomic mass is 16.5. The van der Waals surface area contributed by atoms with Crippen molar-refractivity contribution in [3.8, 4) is 0 Å². The normalized spacial score (nSPS) is 13.1. The van der Waals surface area contributed by atoms with E-state index in [4.69, 9.17) is 9.47 Å². The van der Waals surface area contributed by atoms with Crippen LogP contribution in [0, 0.1) is 0 Å². The van der Waals surface area contributed by atoms with Crippen LogP contribution >= 0.6 is 0 Å². The van der Waals surface area contributed by atoms with Crippen LogP contribution in [0.2, 0.25) is 0 Å². The molecule has 2 heteroatoms. The quantitative estimate of drug-likeness (QED) is 0.775. The van der Waals surface area contributed by atoms with Gasteiger partial charge in [0.2, 0.25) is 0 Å². The fourth-order valence-electron chi connectivity index (χ4n) is 2.16. The Hall–Kier alpha value is -0.860. The Morgan fingerprint density at radius 1 is 0.842 bits per heavy atom. The summed E-state index contributed by atoms with van der Waals surface area (Å²) in [4.78, 5) is 0. The average molecular weight is 264 g/mol. The van der Waals surface area contributed by atoms with Crippen molar-refractivity contribution in [1.82, 2.24) is 0 Å². The zero-order valence-corrected chi connectivity index (χ0v) is 13.6. The lowest BCUT2D eigenvalue weighted by atomic mass is 9.83. The summed E-state index contributed by atoms with van der Waals surface area (Å²) < 4.78 is 11.3. The molecule has 0 aromatic heterocycles. The molecular formula is C17H28O2. The van der Waals surface area contributed by atoms with Gasteiger partial charge in [0.1, 0.15) is 0 Å². The molecule has 0 N–H and O–H groups in total. The van der Waals surface area contributed by atoms with E-state index >= 15 is 0 Å². The maximum Gasteiger partial charge on any atom is 0.0875 e. The Morgan fingerprint density at radius 3 is 1.74 bits per heavy atom. The summed E-state index contributed by atoms with van der Waals surface area (Å²) in [5.74, 6) is 0.506. The molecule has 0 aliphatic carbocycles. The number of rotatable bonds is 5. The summed E-state index contributed by atoms with van der Waals surface area (Å²) in [5, 5.41) is 0. The topological polar surface area (TPSA) is 18.5 Å². The molecule has 0 saturated carbocycles. The number of benzene rings is 1. The molecule has 0 heterocycles. The van der Waals surface area contributed by atoms with Crippen LogP contribution in [0.4, 0.5) is 0 Å². The second kappa shape index (κ2) is 5.64. The first-order valence-corrected chi connectivity index (χ1v) is 6.91. The minimum absolute atomic E-state index is 0.319. The fourth-order valence-corrected chi connectivity index (χ4v) is 2.16. The van der Waals surface area contributed by atoms with Crippen molar-refractivity contribution >= 4 is 0 Å². The van der Waals surface area contributed by atoms with Gasteiger partial charge in [0.15, 0.2) is 0 Å². The third-order valence-electron chi connectivity index (χ3n) is 4.03. The predicted molar refractivity (Wildman–Crippen MR) is 80.6 cm³/mol. The molecule has 0 atom stereocenters. The van der Waals surface area contributed by atoms with Crippen molar-refractivity contribution in [2.24, 2.45) is 0 Å². The van der Waals surface area contributed by atoms with E-state index < -0.39 is 0 Å². The maximum absolute atomic E-state index is 5.68. The Kier molecular flexibility index (Phi) is 4.81. The highest BCUT2D eigenvalue weighted by molar-refractivity contribution is 5.40. The molecule has 0 saturated heterocycles. The van der Waals surface area contributed by atoms with Crippen LogP contribution in [-0.4, -0.2) is 14.2 Å². The van der Waals surface area contributed by atoms with Crippen LogP contribution in [-0.2, 0) is 20.7 Å². The minimum Gasteiger partial charge on any atom is -0.374 e. The van der Waals surface area contributed by atoms with E-state index in [1.165, 1.54) is 16.7 Å². The van der Waals surface area contributed by atoms with Crippen molar-refractivity contribution < 1.29 is 9.47 Å². The summed E-state index contributed by atoms with van der Waals surface area (Å²) in [6, 6.07) is 6.62. The Bertz CT molecular complexity index is 431. The number of ether oxygens (including phenoxy) is 2. The summed E-state index contributed by atoms with van der Waals surface area (Å²) in [6.07, 6.45) is 0. The molecule has 0 unspecified atom stereocenters.